The Morgan fingerprint density at radius 3 is 2.77 bits per heavy atom. The second-order valence-corrected chi connectivity index (χ2v) is 5.12. The van der Waals surface area contributed by atoms with Crippen molar-refractivity contribution in [1.82, 2.24) is 4.90 Å². The fraction of sp³-hybridized carbons (Fsp3) is 0.889. The fourth-order valence-corrected chi connectivity index (χ4v) is 2.61. The first-order chi connectivity index (χ1) is 6.04. The molecule has 1 heterocycles. The molecule has 0 aromatic heterocycles. The van der Waals surface area contributed by atoms with E-state index in [1.54, 1.807) is 6.92 Å². The second kappa shape index (κ2) is 4.33. The van der Waals surface area contributed by atoms with Gasteiger partial charge in [0.25, 0.3) is 0 Å². The molecule has 13 heavy (non-hydrogen) atoms. The molecule has 3 nitrogen and oxygen atoms in total. The first-order valence-corrected chi connectivity index (χ1v) is 5.76. The quantitative estimate of drug-likeness (QED) is 0.680. The van der Waals surface area contributed by atoms with Crippen molar-refractivity contribution < 1.29 is 4.79 Å². The fourth-order valence-electron chi connectivity index (χ4n) is 1.51. The molecule has 0 spiro atoms. The SMILES string of the molecule is C[C@H](N)C(=O)N1CCS[C@H](C)[C@@H]1C. The summed E-state index contributed by atoms with van der Waals surface area (Å²) in [6.45, 7) is 6.85. The van der Waals surface area contributed by atoms with E-state index in [-0.39, 0.29) is 11.9 Å². The van der Waals surface area contributed by atoms with E-state index in [1.165, 1.54) is 0 Å². The van der Waals surface area contributed by atoms with Crippen LogP contribution in [0.25, 0.3) is 0 Å². The lowest BCUT2D eigenvalue weighted by atomic mass is 10.2. The number of hydrogen-bond donors (Lipinski definition) is 1. The van der Waals surface area contributed by atoms with Crippen LogP contribution in [0.15, 0.2) is 0 Å². The Morgan fingerprint density at radius 1 is 1.62 bits per heavy atom. The maximum absolute atomic E-state index is 11.6. The van der Waals surface area contributed by atoms with Gasteiger partial charge in [-0.25, -0.2) is 0 Å². The molecule has 0 unspecified atom stereocenters. The Kier molecular flexibility index (Phi) is 3.62. The predicted molar refractivity (Wildman–Crippen MR) is 56.7 cm³/mol. The zero-order valence-electron chi connectivity index (χ0n) is 8.49. The summed E-state index contributed by atoms with van der Waals surface area (Å²) in [4.78, 5) is 13.6. The van der Waals surface area contributed by atoms with Crippen LogP contribution in [0.3, 0.4) is 0 Å². The topological polar surface area (TPSA) is 46.3 Å². The van der Waals surface area contributed by atoms with Gasteiger partial charge in [0.05, 0.1) is 6.04 Å². The van der Waals surface area contributed by atoms with Crippen molar-refractivity contribution in [3.05, 3.63) is 0 Å². The van der Waals surface area contributed by atoms with E-state index in [1.807, 2.05) is 16.7 Å². The van der Waals surface area contributed by atoms with Crippen LogP contribution in [-0.4, -0.2) is 40.4 Å². The molecular weight excluding hydrogens is 184 g/mol. The molecule has 0 radical (unpaired) electrons. The van der Waals surface area contributed by atoms with E-state index in [0.717, 1.165) is 12.3 Å². The van der Waals surface area contributed by atoms with Gasteiger partial charge in [0.15, 0.2) is 0 Å². The number of nitrogens with zero attached hydrogens (tertiary/aromatic N) is 1. The standard InChI is InChI=1S/C9H18N2OS/c1-6(10)9(12)11-4-5-13-8(3)7(11)2/h6-8H,4-5,10H2,1-3H3/t6-,7-,8+/m0/s1. The normalized spacial score (nSPS) is 31.5. The van der Waals surface area contributed by atoms with E-state index in [4.69, 9.17) is 5.73 Å². The van der Waals surface area contributed by atoms with Gasteiger partial charge in [-0.2, -0.15) is 11.8 Å². The van der Waals surface area contributed by atoms with Gasteiger partial charge in [0.1, 0.15) is 0 Å². The summed E-state index contributed by atoms with van der Waals surface area (Å²) in [5, 5.41) is 0.524. The van der Waals surface area contributed by atoms with Crippen LogP contribution < -0.4 is 5.73 Å². The van der Waals surface area contributed by atoms with Gasteiger partial charge in [-0.05, 0) is 13.8 Å². The van der Waals surface area contributed by atoms with E-state index in [0.29, 0.717) is 11.3 Å². The molecule has 1 amide bonds. The number of amides is 1. The van der Waals surface area contributed by atoms with Crippen molar-refractivity contribution in [1.29, 1.82) is 0 Å². The summed E-state index contributed by atoms with van der Waals surface area (Å²) in [5.74, 6) is 1.11. The molecule has 0 aliphatic carbocycles. The van der Waals surface area contributed by atoms with Crippen LogP contribution in [-0.2, 0) is 4.79 Å². The summed E-state index contributed by atoms with van der Waals surface area (Å²) >= 11 is 1.92. The van der Waals surface area contributed by atoms with Crippen molar-refractivity contribution in [3.8, 4) is 0 Å². The lowest BCUT2D eigenvalue weighted by Gasteiger charge is -2.38. The summed E-state index contributed by atoms with van der Waals surface area (Å²) in [6, 6.07) is -0.0463. The van der Waals surface area contributed by atoms with Gasteiger partial charge in [-0.15, -0.1) is 0 Å². The average Bonchev–Trinajstić information content (AvgIpc) is 2.08. The van der Waals surface area contributed by atoms with Crippen molar-refractivity contribution >= 4 is 17.7 Å². The summed E-state index contributed by atoms with van der Waals surface area (Å²) in [5.41, 5.74) is 5.58. The molecule has 1 rings (SSSR count). The average molecular weight is 202 g/mol. The molecule has 0 bridgehead atoms. The Bertz CT molecular complexity index is 196. The zero-order valence-corrected chi connectivity index (χ0v) is 9.30. The first-order valence-electron chi connectivity index (χ1n) is 4.71. The molecule has 0 aromatic carbocycles. The zero-order chi connectivity index (χ0) is 10.0. The molecule has 0 aromatic rings. The number of carbonyl (C=O) groups excluding carboxylic acids is 1. The van der Waals surface area contributed by atoms with Gasteiger partial charge in [0.2, 0.25) is 5.91 Å². The van der Waals surface area contributed by atoms with Gasteiger partial charge in [-0.3, -0.25) is 4.79 Å². The van der Waals surface area contributed by atoms with Crippen LogP contribution in [0.1, 0.15) is 20.8 Å². The molecule has 3 atom stereocenters. The highest BCUT2D eigenvalue weighted by atomic mass is 32.2. The molecule has 1 saturated heterocycles. The molecule has 1 aliphatic rings. The minimum atomic E-state index is -0.363. The molecular formula is C9H18N2OS. The smallest absolute Gasteiger partial charge is 0.239 e. The van der Waals surface area contributed by atoms with Crippen molar-refractivity contribution in [2.75, 3.05) is 12.3 Å². The van der Waals surface area contributed by atoms with Gasteiger partial charge >= 0.3 is 0 Å². The Balaban J connectivity index is 2.62. The lowest BCUT2D eigenvalue weighted by Crippen LogP contribution is -2.52. The highest BCUT2D eigenvalue weighted by molar-refractivity contribution is 8.00. The van der Waals surface area contributed by atoms with Gasteiger partial charge in [-0.1, -0.05) is 6.92 Å². The van der Waals surface area contributed by atoms with Crippen molar-refractivity contribution in [3.63, 3.8) is 0 Å². The predicted octanol–water partition coefficient (Wildman–Crippen LogP) is 0.686. The highest BCUT2D eigenvalue weighted by Gasteiger charge is 2.29. The number of carbonyl (C=O) groups is 1. The Morgan fingerprint density at radius 2 is 2.23 bits per heavy atom. The number of thioether (sulfide) groups is 1. The van der Waals surface area contributed by atoms with E-state index >= 15 is 0 Å². The summed E-state index contributed by atoms with van der Waals surface area (Å²) < 4.78 is 0. The third-order valence-electron chi connectivity index (χ3n) is 2.56. The van der Waals surface area contributed by atoms with Crippen LogP contribution in [0.5, 0.6) is 0 Å². The molecule has 1 fully saturated rings. The maximum atomic E-state index is 11.6. The van der Waals surface area contributed by atoms with Crippen LogP contribution in [0.2, 0.25) is 0 Å². The summed E-state index contributed by atoms with van der Waals surface area (Å²) in [7, 11) is 0. The van der Waals surface area contributed by atoms with E-state index in [2.05, 4.69) is 13.8 Å². The lowest BCUT2D eigenvalue weighted by molar-refractivity contribution is -0.134. The van der Waals surface area contributed by atoms with Gasteiger partial charge < -0.3 is 10.6 Å². The maximum Gasteiger partial charge on any atom is 0.239 e. The van der Waals surface area contributed by atoms with Crippen LogP contribution >= 0.6 is 11.8 Å². The monoisotopic (exact) mass is 202 g/mol. The Hall–Kier alpha value is -0.220. The summed E-state index contributed by atoms with van der Waals surface area (Å²) in [6.07, 6.45) is 0. The third kappa shape index (κ3) is 2.38. The largest absolute Gasteiger partial charge is 0.337 e. The number of hydrogen-bond acceptors (Lipinski definition) is 3. The molecule has 0 saturated carbocycles. The minimum Gasteiger partial charge on any atom is -0.337 e. The number of nitrogens with two attached hydrogens (primary N) is 1. The second-order valence-electron chi connectivity index (χ2n) is 3.64. The minimum absolute atomic E-state index is 0.0830. The van der Waals surface area contributed by atoms with E-state index < -0.39 is 0 Å². The van der Waals surface area contributed by atoms with E-state index in [9.17, 15) is 4.79 Å². The third-order valence-corrected chi connectivity index (χ3v) is 3.89. The molecule has 2 N–H and O–H groups in total. The Labute approximate surface area is 84.0 Å². The molecule has 1 aliphatic heterocycles. The molecule has 4 heteroatoms. The van der Waals surface area contributed by atoms with Crippen LogP contribution in [0.4, 0.5) is 0 Å². The van der Waals surface area contributed by atoms with Crippen molar-refractivity contribution in [2.24, 2.45) is 5.73 Å². The van der Waals surface area contributed by atoms with Gasteiger partial charge in [0, 0.05) is 23.6 Å². The molecule has 76 valence electrons. The highest BCUT2D eigenvalue weighted by Crippen LogP contribution is 2.24. The van der Waals surface area contributed by atoms with Crippen molar-refractivity contribution in [2.45, 2.75) is 38.1 Å². The van der Waals surface area contributed by atoms with Crippen LogP contribution in [0, 0.1) is 0 Å². The first kappa shape index (κ1) is 10.9. The number of rotatable bonds is 1.